The Hall–Kier alpha value is -1.64. The average Bonchev–Trinajstić information content (AvgIpc) is 2.68. The summed E-state index contributed by atoms with van der Waals surface area (Å²) in [5.74, 6) is 0.378. The third-order valence-corrected chi connectivity index (χ3v) is 6.93. The van der Waals surface area contributed by atoms with E-state index in [9.17, 15) is 13.2 Å². The lowest BCUT2D eigenvalue weighted by Crippen LogP contribution is -2.40. The third kappa shape index (κ3) is 6.19. The van der Waals surface area contributed by atoms with E-state index in [4.69, 9.17) is 5.73 Å². The van der Waals surface area contributed by atoms with Crippen LogP contribution in [-0.4, -0.2) is 44.9 Å². The van der Waals surface area contributed by atoms with Crippen molar-refractivity contribution in [2.24, 2.45) is 11.7 Å². The molecule has 1 aliphatic heterocycles. The number of anilines is 1. The van der Waals surface area contributed by atoms with Crippen LogP contribution in [0.25, 0.3) is 0 Å². The number of rotatable bonds is 9. The lowest BCUT2D eigenvalue weighted by molar-refractivity contribution is 0.252. The first-order chi connectivity index (χ1) is 13.0. The number of amides is 2. The molecule has 8 heteroatoms. The second kappa shape index (κ2) is 10.6. The van der Waals surface area contributed by atoms with Gasteiger partial charge in [0.05, 0.1) is 5.69 Å². The van der Waals surface area contributed by atoms with Crippen LogP contribution in [-0.2, 0) is 10.0 Å². The molecule has 1 aromatic rings. The molecule has 0 aromatic heterocycles. The molecule has 1 aliphatic rings. The summed E-state index contributed by atoms with van der Waals surface area (Å²) < 4.78 is 27.6. The van der Waals surface area contributed by atoms with E-state index in [1.165, 1.54) is 4.31 Å². The van der Waals surface area contributed by atoms with E-state index in [0.29, 0.717) is 37.8 Å². The summed E-state index contributed by atoms with van der Waals surface area (Å²) in [7, 11) is -3.65. The van der Waals surface area contributed by atoms with E-state index in [1.807, 2.05) is 0 Å². The highest BCUT2D eigenvalue weighted by molar-refractivity contribution is 7.89. The number of sulfonamides is 1. The first kappa shape index (κ1) is 21.7. The summed E-state index contributed by atoms with van der Waals surface area (Å²) in [5.41, 5.74) is 6.00. The van der Waals surface area contributed by atoms with Gasteiger partial charge in [0.25, 0.3) is 0 Å². The van der Waals surface area contributed by atoms with Crippen LogP contribution >= 0.6 is 0 Å². The van der Waals surface area contributed by atoms with Gasteiger partial charge in [-0.15, -0.1) is 0 Å². The van der Waals surface area contributed by atoms with Crippen molar-refractivity contribution in [1.29, 1.82) is 0 Å². The molecule has 1 aromatic carbocycles. The highest BCUT2D eigenvalue weighted by Gasteiger charge is 2.30. The average molecular weight is 397 g/mol. The molecule has 1 fully saturated rings. The van der Waals surface area contributed by atoms with Gasteiger partial charge in [0.2, 0.25) is 10.0 Å². The number of urea groups is 1. The molecule has 27 heavy (non-hydrogen) atoms. The minimum atomic E-state index is -3.65. The number of carbonyl (C=O) groups is 1. The molecular weight excluding hydrogens is 364 g/mol. The van der Waals surface area contributed by atoms with E-state index >= 15 is 0 Å². The van der Waals surface area contributed by atoms with Crippen LogP contribution in [0.1, 0.15) is 45.4 Å². The first-order valence-corrected chi connectivity index (χ1v) is 11.3. The van der Waals surface area contributed by atoms with Gasteiger partial charge in [0.15, 0.2) is 0 Å². The molecule has 2 rings (SSSR count). The van der Waals surface area contributed by atoms with Crippen molar-refractivity contribution in [2.45, 2.75) is 50.3 Å². The summed E-state index contributed by atoms with van der Waals surface area (Å²) in [4.78, 5) is 12.3. The van der Waals surface area contributed by atoms with Gasteiger partial charge < -0.3 is 16.4 Å². The Labute approximate surface area is 162 Å². The zero-order valence-corrected chi connectivity index (χ0v) is 16.9. The Morgan fingerprint density at radius 1 is 1.19 bits per heavy atom. The fourth-order valence-electron chi connectivity index (χ4n) is 3.24. The van der Waals surface area contributed by atoms with Gasteiger partial charge in [-0.05, 0) is 43.9 Å². The Morgan fingerprint density at radius 2 is 1.89 bits per heavy atom. The zero-order chi connectivity index (χ0) is 19.7. The molecular formula is C19H32N4O3S. The number of nitrogens with two attached hydrogens (primary N) is 1. The molecule has 0 bridgehead atoms. The van der Waals surface area contributed by atoms with Gasteiger partial charge in [-0.2, -0.15) is 4.31 Å². The fraction of sp³-hybridized carbons (Fsp3) is 0.632. The van der Waals surface area contributed by atoms with Crippen molar-refractivity contribution in [3.8, 4) is 0 Å². The van der Waals surface area contributed by atoms with Crippen LogP contribution < -0.4 is 16.4 Å². The second-order valence-electron chi connectivity index (χ2n) is 7.02. The molecule has 4 N–H and O–H groups in total. The maximum Gasteiger partial charge on any atom is 0.319 e. The van der Waals surface area contributed by atoms with Crippen molar-refractivity contribution in [3.05, 3.63) is 24.3 Å². The first-order valence-electron chi connectivity index (χ1n) is 9.83. The van der Waals surface area contributed by atoms with Crippen LogP contribution in [0.2, 0.25) is 0 Å². The number of carbonyl (C=O) groups excluding carboxylic acids is 1. The van der Waals surface area contributed by atoms with Crippen molar-refractivity contribution in [2.75, 3.05) is 31.5 Å². The molecule has 1 saturated heterocycles. The maximum absolute atomic E-state index is 13.0. The summed E-state index contributed by atoms with van der Waals surface area (Å²) >= 11 is 0. The van der Waals surface area contributed by atoms with Crippen molar-refractivity contribution >= 4 is 21.7 Å². The zero-order valence-electron chi connectivity index (χ0n) is 16.1. The SMILES string of the molecule is CCCCCCNC(=O)Nc1ccccc1S(=O)(=O)N1CCC(CN)CC1. The Kier molecular flexibility index (Phi) is 8.53. The van der Waals surface area contributed by atoms with Gasteiger partial charge in [0, 0.05) is 19.6 Å². The normalized spacial score (nSPS) is 16.2. The molecule has 7 nitrogen and oxygen atoms in total. The molecule has 0 aliphatic carbocycles. The fourth-order valence-corrected chi connectivity index (χ4v) is 4.86. The third-order valence-electron chi connectivity index (χ3n) is 4.98. The molecule has 0 unspecified atom stereocenters. The predicted molar refractivity (Wildman–Crippen MR) is 108 cm³/mol. The number of nitrogens with one attached hydrogen (secondary N) is 2. The number of benzene rings is 1. The topological polar surface area (TPSA) is 105 Å². The van der Waals surface area contributed by atoms with E-state index < -0.39 is 10.0 Å². The summed E-state index contributed by atoms with van der Waals surface area (Å²) in [6.45, 7) is 4.22. The van der Waals surface area contributed by atoms with Crippen molar-refractivity contribution < 1.29 is 13.2 Å². The molecule has 2 amide bonds. The van der Waals surface area contributed by atoms with E-state index in [0.717, 1.165) is 38.5 Å². The van der Waals surface area contributed by atoms with Gasteiger partial charge >= 0.3 is 6.03 Å². The smallest absolute Gasteiger partial charge is 0.319 e. The van der Waals surface area contributed by atoms with Gasteiger partial charge in [-0.1, -0.05) is 38.3 Å². The van der Waals surface area contributed by atoms with Crippen LogP contribution in [0.4, 0.5) is 10.5 Å². The Bertz CT molecular complexity index is 701. The van der Waals surface area contributed by atoms with E-state index in [2.05, 4.69) is 17.6 Å². The largest absolute Gasteiger partial charge is 0.338 e. The van der Waals surface area contributed by atoms with Gasteiger partial charge in [-0.25, -0.2) is 13.2 Å². The summed E-state index contributed by atoms with van der Waals surface area (Å²) in [6, 6.07) is 6.18. The monoisotopic (exact) mass is 396 g/mol. The Balaban J connectivity index is 2.01. The van der Waals surface area contributed by atoms with Crippen molar-refractivity contribution in [3.63, 3.8) is 0 Å². The molecule has 0 radical (unpaired) electrons. The van der Waals surface area contributed by atoms with Gasteiger partial charge in [0.1, 0.15) is 4.90 Å². The Morgan fingerprint density at radius 3 is 2.56 bits per heavy atom. The number of hydrogen-bond donors (Lipinski definition) is 3. The maximum atomic E-state index is 13.0. The summed E-state index contributed by atoms with van der Waals surface area (Å²) in [5, 5.41) is 5.48. The summed E-state index contributed by atoms with van der Waals surface area (Å²) in [6.07, 6.45) is 5.80. The lowest BCUT2D eigenvalue weighted by atomic mass is 9.99. The lowest BCUT2D eigenvalue weighted by Gasteiger charge is -2.31. The highest BCUT2D eigenvalue weighted by atomic mass is 32.2. The number of nitrogens with zero attached hydrogens (tertiary/aromatic N) is 1. The predicted octanol–water partition coefficient (Wildman–Crippen LogP) is 2.75. The second-order valence-corrected chi connectivity index (χ2v) is 8.93. The van der Waals surface area contributed by atoms with Gasteiger partial charge in [-0.3, -0.25) is 0 Å². The van der Waals surface area contributed by atoms with Crippen LogP contribution in [0, 0.1) is 5.92 Å². The van der Waals surface area contributed by atoms with E-state index in [-0.39, 0.29) is 10.9 Å². The van der Waals surface area contributed by atoms with Crippen LogP contribution in [0.3, 0.4) is 0 Å². The van der Waals surface area contributed by atoms with Crippen molar-refractivity contribution in [1.82, 2.24) is 9.62 Å². The molecule has 0 spiro atoms. The minimum absolute atomic E-state index is 0.136. The number of piperidine rings is 1. The molecule has 152 valence electrons. The highest BCUT2D eigenvalue weighted by Crippen LogP contribution is 2.28. The number of hydrogen-bond acceptors (Lipinski definition) is 4. The van der Waals surface area contributed by atoms with Crippen LogP contribution in [0.15, 0.2) is 29.2 Å². The van der Waals surface area contributed by atoms with Crippen LogP contribution in [0.5, 0.6) is 0 Å². The quantitative estimate of drug-likeness (QED) is 0.558. The molecule has 1 heterocycles. The van der Waals surface area contributed by atoms with E-state index in [1.54, 1.807) is 24.3 Å². The standard InChI is InChI=1S/C19H32N4O3S/c1-2-3-4-7-12-21-19(24)22-17-8-5-6-9-18(17)27(25,26)23-13-10-16(15-20)11-14-23/h5-6,8-9,16H,2-4,7,10-15,20H2,1H3,(H2,21,22,24). The minimum Gasteiger partial charge on any atom is -0.338 e. The molecule has 0 atom stereocenters. The number of unbranched alkanes of at least 4 members (excludes halogenated alkanes) is 3. The number of para-hydroxylation sites is 1. The molecule has 0 saturated carbocycles.